The van der Waals surface area contributed by atoms with E-state index in [1.807, 2.05) is 0 Å². The molecule has 0 aromatic rings. The minimum Gasteiger partial charge on any atom is -0.392 e. The molecule has 0 bridgehead atoms. The second-order valence-corrected chi connectivity index (χ2v) is 2.51. The summed E-state index contributed by atoms with van der Waals surface area (Å²) in [6.07, 6.45) is -0.0544. The van der Waals surface area contributed by atoms with E-state index in [-0.39, 0.29) is 13.0 Å². The molecule has 11 heavy (non-hydrogen) atoms. The molecule has 1 fully saturated rings. The normalized spacial score (nSPS) is 35.1. The zero-order valence-electron chi connectivity index (χ0n) is 5.82. The van der Waals surface area contributed by atoms with Gasteiger partial charge in [-0.1, -0.05) is 0 Å². The summed E-state index contributed by atoms with van der Waals surface area (Å²) in [5.74, 6) is -2.23. The molecule has 1 aliphatic heterocycles. The third-order valence-corrected chi connectivity index (χ3v) is 1.85. The van der Waals surface area contributed by atoms with E-state index in [2.05, 4.69) is 0 Å². The molecule has 3 N–H and O–H groups in total. The van der Waals surface area contributed by atoms with Crippen LogP contribution in [0.5, 0.6) is 0 Å². The summed E-state index contributed by atoms with van der Waals surface area (Å²) in [6.45, 7) is -0.641. The van der Waals surface area contributed by atoms with Crippen LogP contribution in [-0.2, 0) is 4.74 Å². The Morgan fingerprint density at radius 1 is 1.55 bits per heavy atom. The number of nitrogens with zero attached hydrogens (tertiary/aromatic N) is 1. The van der Waals surface area contributed by atoms with Gasteiger partial charge < -0.3 is 20.1 Å². The van der Waals surface area contributed by atoms with E-state index in [9.17, 15) is 0 Å². The predicted octanol–water partition coefficient (Wildman–Crippen LogP) is -1.66. The number of aliphatic hydroxyl groups is 3. The van der Waals surface area contributed by atoms with Gasteiger partial charge >= 0.3 is 0 Å². The predicted molar refractivity (Wildman–Crippen MR) is 33.2 cm³/mol. The van der Waals surface area contributed by atoms with Crippen molar-refractivity contribution in [2.45, 2.75) is 17.8 Å². The van der Waals surface area contributed by atoms with Gasteiger partial charge in [-0.3, -0.25) is 0 Å². The summed E-state index contributed by atoms with van der Waals surface area (Å²) in [4.78, 5) is 0. The fourth-order valence-corrected chi connectivity index (χ4v) is 1.01. The molecule has 1 heterocycles. The Bertz CT molecular complexity index is 197. The van der Waals surface area contributed by atoms with Crippen LogP contribution in [0.1, 0.15) is 6.42 Å². The van der Waals surface area contributed by atoms with Gasteiger partial charge in [-0.25, -0.2) is 0 Å². The lowest BCUT2D eigenvalue weighted by Gasteiger charge is -2.28. The lowest BCUT2D eigenvalue weighted by Crippen LogP contribution is -2.52. The summed E-state index contributed by atoms with van der Waals surface area (Å²) in [5, 5.41) is 35.5. The molecule has 0 aromatic carbocycles. The van der Waals surface area contributed by atoms with Crippen LogP contribution >= 0.6 is 0 Å². The van der Waals surface area contributed by atoms with E-state index in [4.69, 9.17) is 25.3 Å². The Labute approximate surface area is 63.4 Å². The maximum absolute atomic E-state index is 9.15. The third kappa shape index (κ3) is 1.01. The summed E-state index contributed by atoms with van der Waals surface area (Å²) < 4.78 is 4.74. The molecule has 5 heteroatoms. The highest BCUT2D eigenvalue weighted by Gasteiger charge is 2.55. The molecule has 0 saturated carbocycles. The van der Waals surface area contributed by atoms with Gasteiger partial charge in [0, 0.05) is 6.42 Å². The first-order valence-electron chi connectivity index (χ1n) is 3.19. The molecule has 1 rings (SSSR count). The molecule has 5 nitrogen and oxygen atoms in total. The second-order valence-electron chi connectivity index (χ2n) is 2.51. The van der Waals surface area contributed by atoms with Gasteiger partial charge in [0.25, 0.3) is 0 Å². The van der Waals surface area contributed by atoms with Gasteiger partial charge in [-0.15, -0.1) is 0 Å². The smallest absolute Gasteiger partial charge is 0.230 e. The number of rotatable bonds is 1. The van der Waals surface area contributed by atoms with Crippen LogP contribution in [0.2, 0.25) is 0 Å². The van der Waals surface area contributed by atoms with E-state index in [1.165, 1.54) is 0 Å². The Balaban J connectivity index is 2.93. The Kier molecular flexibility index (Phi) is 1.86. The van der Waals surface area contributed by atoms with Crippen molar-refractivity contribution in [3.05, 3.63) is 0 Å². The molecule has 0 aromatic heterocycles. The van der Waals surface area contributed by atoms with Gasteiger partial charge in [0.15, 0.2) is 0 Å². The number of nitriles is 1. The van der Waals surface area contributed by atoms with Crippen molar-refractivity contribution in [3.8, 4) is 6.07 Å². The van der Waals surface area contributed by atoms with Gasteiger partial charge in [-0.2, -0.15) is 5.26 Å². The van der Waals surface area contributed by atoms with Gasteiger partial charge in [-0.05, 0) is 0 Å². The average molecular weight is 159 g/mol. The number of hydrogen-bond acceptors (Lipinski definition) is 5. The van der Waals surface area contributed by atoms with Crippen LogP contribution in [0, 0.1) is 11.3 Å². The van der Waals surface area contributed by atoms with Gasteiger partial charge in [0.2, 0.25) is 11.4 Å². The lowest BCUT2D eigenvalue weighted by molar-refractivity contribution is -0.230. The van der Waals surface area contributed by atoms with E-state index >= 15 is 0 Å². The first-order valence-corrected chi connectivity index (χ1v) is 3.19. The zero-order valence-corrected chi connectivity index (χ0v) is 5.82. The minimum atomic E-state index is -2.23. The molecule has 0 spiro atoms. The van der Waals surface area contributed by atoms with Crippen LogP contribution in [0.15, 0.2) is 0 Å². The van der Waals surface area contributed by atoms with E-state index < -0.39 is 18.0 Å². The van der Waals surface area contributed by atoms with Crippen LogP contribution in [-0.4, -0.2) is 39.9 Å². The average Bonchev–Trinajstić information content (AvgIpc) is 2.26. The number of ether oxygens (including phenoxy) is 1. The van der Waals surface area contributed by atoms with Crippen molar-refractivity contribution in [2.24, 2.45) is 0 Å². The van der Waals surface area contributed by atoms with Crippen molar-refractivity contribution < 1.29 is 20.1 Å². The van der Waals surface area contributed by atoms with E-state index in [0.29, 0.717) is 0 Å². The SMILES string of the molecule is N#CC1(CO)OCCC1(O)O. The summed E-state index contributed by atoms with van der Waals surface area (Å²) in [6, 6.07) is 1.55. The third-order valence-electron chi connectivity index (χ3n) is 1.85. The molecular formula is C6H9NO4. The summed E-state index contributed by atoms with van der Waals surface area (Å²) >= 11 is 0. The first kappa shape index (κ1) is 8.43. The Morgan fingerprint density at radius 2 is 2.18 bits per heavy atom. The van der Waals surface area contributed by atoms with Crippen LogP contribution in [0.3, 0.4) is 0 Å². The first-order chi connectivity index (χ1) is 5.08. The molecule has 1 aliphatic rings. The standard InChI is InChI=1S/C6H9NO4/c7-3-5(4-8)6(9,10)1-2-11-5/h8-10H,1-2,4H2. The zero-order chi connectivity index (χ0) is 8.54. The van der Waals surface area contributed by atoms with Crippen molar-refractivity contribution in [1.82, 2.24) is 0 Å². The van der Waals surface area contributed by atoms with E-state index in [0.717, 1.165) is 0 Å². The molecule has 0 amide bonds. The van der Waals surface area contributed by atoms with Crippen molar-refractivity contribution in [1.29, 1.82) is 5.26 Å². The van der Waals surface area contributed by atoms with Crippen LogP contribution < -0.4 is 0 Å². The Hall–Kier alpha value is -0.670. The topological polar surface area (TPSA) is 93.7 Å². The van der Waals surface area contributed by atoms with Crippen molar-refractivity contribution >= 4 is 0 Å². The monoisotopic (exact) mass is 159 g/mol. The fourth-order valence-electron chi connectivity index (χ4n) is 1.01. The largest absolute Gasteiger partial charge is 0.392 e. The fraction of sp³-hybridized carbons (Fsp3) is 0.833. The quantitative estimate of drug-likeness (QED) is 0.398. The highest BCUT2D eigenvalue weighted by atomic mass is 16.6. The molecular weight excluding hydrogens is 150 g/mol. The molecule has 0 radical (unpaired) electrons. The maximum atomic E-state index is 9.15. The summed E-state index contributed by atoms with van der Waals surface area (Å²) in [7, 11) is 0. The number of aliphatic hydroxyl groups excluding tert-OH is 1. The highest BCUT2D eigenvalue weighted by molar-refractivity contribution is 5.13. The van der Waals surface area contributed by atoms with Crippen LogP contribution in [0.25, 0.3) is 0 Å². The van der Waals surface area contributed by atoms with Crippen molar-refractivity contribution in [3.63, 3.8) is 0 Å². The number of hydrogen-bond donors (Lipinski definition) is 3. The van der Waals surface area contributed by atoms with Gasteiger partial charge in [0.05, 0.1) is 13.2 Å². The van der Waals surface area contributed by atoms with Crippen LogP contribution in [0.4, 0.5) is 0 Å². The second kappa shape index (κ2) is 2.43. The summed E-state index contributed by atoms with van der Waals surface area (Å²) in [5.41, 5.74) is -1.85. The maximum Gasteiger partial charge on any atom is 0.230 e. The Morgan fingerprint density at radius 3 is 2.36 bits per heavy atom. The van der Waals surface area contributed by atoms with E-state index in [1.54, 1.807) is 6.07 Å². The molecule has 1 atom stereocenters. The molecule has 62 valence electrons. The van der Waals surface area contributed by atoms with Crippen molar-refractivity contribution in [2.75, 3.05) is 13.2 Å². The lowest BCUT2D eigenvalue weighted by atomic mass is 9.96. The molecule has 1 saturated heterocycles. The highest BCUT2D eigenvalue weighted by Crippen LogP contribution is 2.32. The minimum absolute atomic E-state index is 0.0544. The van der Waals surface area contributed by atoms with Gasteiger partial charge in [0.1, 0.15) is 6.07 Å². The molecule has 0 aliphatic carbocycles. The molecule has 1 unspecified atom stereocenters.